The minimum atomic E-state index is -2.10. The first-order valence-corrected chi connectivity index (χ1v) is 21.2. The zero-order chi connectivity index (χ0) is 48.7. The Bertz CT molecular complexity index is 1630. The van der Waals surface area contributed by atoms with Gasteiger partial charge in [0.2, 0.25) is 11.8 Å². The highest BCUT2D eigenvalue weighted by Crippen LogP contribution is 2.35. The van der Waals surface area contributed by atoms with E-state index < -0.39 is 139 Å². The summed E-state index contributed by atoms with van der Waals surface area (Å²) >= 11 is 0. The molecule has 2 aliphatic heterocycles. The predicted octanol–water partition coefficient (Wildman–Crippen LogP) is -0.104. The molecule has 2 heterocycles. The Labute approximate surface area is 372 Å². The predicted molar refractivity (Wildman–Crippen MR) is 221 cm³/mol. The van der Waals surface area contributed by atoms with Crippen molar-refractivity contribution in [3.8, 4) is 0 Å². The van der Waals surface area contributed by atoms with E-state index in [2.05, 4.69) is 21.3 Å². The number of alkyl carbamates (subject to hydrolysis) is 2. The summed E-state index contributed by atoms with van der Waals surface area (Å²) in [5.74, 6) is -1.95. The molecule has 2 saturated heterocycles. The minimum absolute atomic E-state index is 0.0182. The van der Waals surface area contributed by atoms with Crippen molar-refractivity contribution in [3.63, 3.8) is 0 Å². The summed E-state index contributed by atoms with van der Waals surface area (Å²) in [6.07, 6.45) is -17.5. The summed E-state index contributed by atoms with van der Waals surface area (Å²) < 4.78 is 40.4. The van der Waals surface area contributed by atoms with Crippen molar-refractivity contribution in [1.29, 1.82) is 0 Å². The molecule has 11 N–H and O–H groups in total. The van der Waals surface area contributed by atoms with Crippen LogP contribution in [0, 0.1) is 0 Å². The zero-order valence-corrected chi connectivity index (χ0v) is 38.4. The van der Waals surface area contributed by atoms with Gasteiger partial charge in [0.25, 0.3) is 0 Å². The number of rotatable bonds is 13. The van der Waals surface area contributed by atoms with Gasteiger partial charge in [-0.3, -0.25) is 9.59 Å². The van der Waals surface area contributed by atoms with Crippen LogP contribution in [-0.2, 0) is 42.7 Å². The summed E-state index contributed by atoms with van der Waals surface area (Å²) in [5, 5.41) is 66.1. The summed E-state index contributed by atoms with van der Waals surface area (Å²) in [6, 6.07) is -5.47. The summed E-state index contributed by atoms with van der Waals surface area (Å²) in [6.45, 7) is 15.7. The Kier molecular flexibility index (Phi) is 18.5. The number of aliphatic hydroxyl groups is 4. The number of carboxylic acid groups (broad SMARTS) is 1. The van der Waals surface area contributed by atoms with Crippen LogP contribution in [0.2, 0.25) is 0 Å². The number of nitrogens with zero attached hydrogens (tertiary/aromatic N) is 1. The third kappa shape index (κ3) is 16.1. The first-order chi connectivity index (χ1) is 29.3. The molecule has 0 aromatic carbocycles. The average molecular weight is 923 g/mol. The number of nitrogens with one attached hydrogen (secondary N) is 4. The number of amides is 6. The van der Waals surface area contributed by atoms with Crippen molar-refractivity contribution < 1.29 is 87.5 Å². The zero-order valence-electron chi connectivity index (χ0n) is 38.4. The number of carbonyl (C=O) groups is 6. The maximum atomic E-state index is 13.7. The Morgan fingerprint density at radius 3 is 1.88 bits per heavy atom. The van der Waals surface area contributed by atoms with Crippen molar-refractivity contribution in [2.24, 2.45) is 5.73 Å². The van der Waals surface area contributed by atoms with Gasteiger partial charge in [-0.2, -0.15) is 0 Å². The molecule has 0 radical (unpaired) electrons. The third-order valence-electron chi connectivity index (χ3n) is 9.99. The van der Waals surface area contributed by atoms with Crippen LogP contribution in [0.4, 0.5) is 19.2 Å². The number of aliphatic hydroxyl groups excluding tert-OH is 3. The van der Waals surface area contributed by atoms with E-state index in [-0.39, 0.29) is 32.4 Å². The quantitative estimate of drug-likeness (QED) is 0.108. The van der Waals surface area contributed by atoms with Gasteiger partial charge >= 0.3 is 24.4 Å². The molecule has 0 aromatic rings. The van der Waals surface area contributed by atoms with Crippen molar-refractivity contribution in [3.05, 3.63) is 0 Å². The molecule has 1 aliphatic carbocycles. The molecule has 3 fully saturated rings. The van der Waals surface area contributed by atoms with Crippen LogP contribution in [0.3, 0.4) is 0 Å². The Morgan fingerprint density at radius 1 is 0.797 bits per heavy atom. The second-order valence-electron chi connectivity index (χ2n) is 19.4. The summed E-state index contributed by atoms with van der Waals surface area (Å²) in [5.41, 5.74) is 0.837. The largest absolute Gasteiger partial charge is 0.465 e. The van der Waals surface area contributed by atoms with E-state index in [1.165, 1.54) is 6.92 Å². The highest BCUT2D eigenvalue weighted by molar-refractivity contribution is 5.91. The van der Waals surface area contributed by atoms with Gasteiger partial charge in [0, 0.05) is 20.0 Å². The van der Waals surface area contributed by atoms with Crippen molar-refractivity contribution >= 4 is 36.2 Å². The maximum Gasteiger partial charge on any atom is 0.417 e. The van der Waals surface area contributed by atoms with Gasteiger partial charge in [-0.25, -0.2) is 24.1 Å². The smallest absolute Gasteiger partial charge is 0.417 e. The van der Waals surface area contributed by atoms with E-state index in [1.807, 2.05) is 0 Å². The monoisotopic (exact) mass is 922 g/mol. The van der Waals surface area contributed by atoms with Crippen LogP contribution in [0.1, 0.15) is 102 Å². The van der Waals surface area contributed by atoms with E-state index in [4.69, 9.17) is 38.9 Å². The van der Waals surface area contributed by atoms with E-state index in [1.54, 1.807) is 62.3 Å². The highest BCUT2D eigenvalue weighted by Gasteiger charge is 2.56. The number of hydrogen-bond donors (Lipinski definition) is 10. The molecule has 1 saturated carbocycles. The van der Waals surface area contributed by atoms with Gasteiger partial charge in [-0.05, 0) is 94.9 Å². The van der Waals surface area contributed by atoms with Gasteiger partial charge in [-0.15, -0.1) is 0 Å². The molecular weight excluding hydrogens is 852 g/mol. The van der Waals surface area contributed by atoms with Crippen LogP contribution >= 0.6 is 0 Å². The summed E-state index contributed by atoms with van der Waals surface area (Å²) in [4.78, 5) is 77.9. The summed E-state index contributed by atoms with van der Waals surface area (Å²) in [7, 11) is 0. The van der Waals surface area contributed by atoms with Gasteiger partial charge < -0.3 is 85.7 Å². The van der Waals surface area contributed by atoms with Crippen molar-refractivity contribution in [1.82, 2.24) is 26.2 Å². The van der Waals surface area contributed by atoms with E-state index in [9.17, 15) is 54.3 Å². The van der Waals surface area contributed by atoms with Gasteiger partial charge in [0.1, 0.15) is 59.0 Å². The lowest BCUT2D eigenvalue weighted by atomic mass is 9.82. The normalized spacial score (nSPS) is 31.7. The second-order valence-corrected chi connectivity index (χ2v) is 19.4. The molecule has 3 aliphatic rings. The van der Waals surface area contributed by atoms with E-state index in [0.29, 0.717) is 11.3 Å². The Hall–Kier alpha value is -4.14. The van der Waals surface area contributed by atoms with Gasteiger partial charge in [0.05, 0.1) is 30.8 Å². The maximum absolute atomic E-state index is 13.7. The lowest BCUT2D eigenvalue weighted by Gasteiger charge is -2.50. The fourth-order valence-electron chi connectivity index (χ4n) is 7.35. The average Bonchev–Trinajstić information content (AvgIpc) is 3.11. The van der Waals surface area contributed by atoms with E-state index >= 15 is 0 Å². The topological polar surface area (TPSA) is 346 Å². The lowest BCUT2D eigenvalue weighted by Crippen LogP contribution is -2.71. The van der Waals surface area contributed by atoms with Crippen LogP contribution in [-0.4, -0.2) is 182 Å². The van der Waals surface area contributed by atoms with Gasteiger partial charge in [-0.1, -0.05) is 0 Å². The molecule has 0 spiro atoms. The molecule has 6 amide bonds. The van der Waals surface area contributed by atoms with Crippen LogP contribution in [0.25, 0.3) is 0 Å². The molecule has 24 nitrogen and oxygen atoms in total. The SMILES string of the molecule is CC(=O)N(C(=O)OC(C)(C)C)[C@@H]1[C@@H](O)[C@@H](O[C@@H]2[C@@H](O)[C@H](OC3O[C@H](CN)CC[C@H]3NC(=O)O)[C@@H](NC(=O)OC(C)(C)C)C[C@H]2NC(=O)C(O)CCNC(=O)OC(C)(C)C)OC[C@]1(C)O. The molecule has 3 rings (SSSR count). The number of hydrogen-bond acceptors (Lipinski definition) is 18. The van der Waals surface area contributed by atoms with Crippen molar-refractivity contribution in [2.75, 3.05) is 19.7 Å². The van der Waals surface area contributed by atoms with Crippen LogP contribution < -0.4 is 27.0 Å². The number of carbonyl (C=O) groups excluding carboxylic acids is 5. The fourth-order valence-corrected chi connectivity index (χ4v) is 7.35. The first kappa shape index (κ1) is 54.2. The second kappa shape index (κ2) is 21.9. The molecule has 0 bridgehead atoms. The van der Waals surface area contributed by atoms with Crippen LogP contribution in [0.5, 0.6) is 0 Å². The Morgan fingerprint density at radius 2 is 1.34 bits per heavy atom. The molecular formula is C40H70N6O18. The van der Waals surface area contributed by atoms with E-state index in [0.717, 1.165) is 6.92 Å². The Balaban J connectivity index is 2.08. The lowest BCUT2D eigenvalue weighted by molar-refractivity contribution is -0.314. The molecule has 368 valence electrons. The highest BCUT2D eigenvalue weighted by atomic mass is 16.7. The molecule has 0 aromatic heterocycles. The third-order valence-corrected chi connectivity index (χ3v) is 9.99. The molecule has 24 heteroatoms. The molecule has 64 heavy (non-hydrogen) atoms. The fraction of sp³-hybridized carbons (Fsp3) is 0.850. The minimum Gasteiger partial charge on any atom is -0.465 e. The number of ether oxygens (including phenoxy) is 7. The van der Waals surface area contributed by atoms with Crippen LogP contribution in [0.15, 0.2) is 0 Å². The standard InChI is InChI=1S/C40H70N6O18/c1-19(47)46(36(56)64-39(8,9)10)29-26(50)32(58-18-40(29,11)57)61-27-22(43-30(51)24(48)14-15-42-34(54)62-37(2,3)4)16-23(45-35(55)63-38(5,6)7)28(25(27)49)60-31-21(44-33(52)53)13-12-20(17-41)59-31/h20-29,31-32,44,48-50,57H,12-18,41H2,1-11H3,(H,42,54)(H,43,51)(H,45,55)(H,52,53)/t20-,21+,22+,23-,24?,25+,26+,27-,28+,29+,31?,32+,40-/m0/s1. The number of nitrogens with two attached hydrogens (primary N) is 1. The molecule has 13 atom stereocenters. The van der Waals surface area contributed by atoms with Gasteiger partial charge in [0.15, 0.2) is 12.6 Å². The first-order valence-electron chi connectivity index (χ1n) is 21.2. The molecule has 2 unspecified atom stereocenters. The van der Waals surface area contributed by atoms with Crippen molar-refractivity contribution in [2.45, 2.75) is 198 Å². The number of imide groups is 1.